The van der Waals surface area contributed by atoms with Gasteiger partial charge >= 0.3 is 0 Å². The predicted molar refractivity (Wildman–Crippen MR) is 70.0 cm³/mol. The molecule has 18 heavy (non-hydrogen) atoms. The molecule has 0 radical (unpaired) electrons. The summed E-state index contributed by atoms with van der Waals surface area (Å²) in [6.07, 6.45) is 0.961. The second kappa shape index (κ2) is 5.22. The van der Waals surface area contributed by atoms with Crippen LogP contribution in [0.2, 0.25) is 0 Å². The van der Waals surface area contributed by atoms with Gasteiger partial charge in [-0.3, -0.25) is 10.1 Å². The van der Waals surface area contributed by atoms with Gasteiger partial charge in [-0.1, -0.05) is 0 Å². The lowest BCUT2D eigenvalue weighted by Gasteiger charge is -2.19. The Kier molecular flexibility index (Phi) is 3.66. The molecule has 6 nitrogen and oxygen atoms in total. The molecule has 6 heteroatoms. The van der Waals surface area contributed by atoms with Crippen molar-refractivity contribution in [2.24, 2.45) is 5.92 Å². The van der Waals surface area contributed by atoms with Gasteiger partial charge in [-0.15, -0.1) is 0 Å². The third-order valence-corrected chi connectivity index (χ3v) is 3.36. The highest BCUT2D eigenvalue weighted by molar-refractivity contribution is 5.69. The van der Waals surface area contributed by atoms with Crippen LogP contribution in [-0.2, 0) is 0 Å². The van der Waals surface area contributed by atoms with Crippen LogP contribution in [0.3, 0.4) is 0 Å². The van der Waals surface area contributed by atoms with Crippen LogP contribution in [0.4, 0.5) is 17.1 Å². The topological polar surface area (TPSA) is 78.6 Å². The van der Waals surface area contributed by atoms with Crippen molar-refractivity contribution in [3.63, 3.8) is 0 Å². The number of anilines is 2. The van der Waals surface area contributed by atoms with Crippen molar-refractivity contribution in [2.75, 3.05) is 37.0 Å². The molecule has 0 spiro atoms. The van der Waals surface area contributed by atoms with E-state index in [1.165, 1.54) is 6.07 Å². The highest BCUT2D eigenvalue weighted by Gasteiger charge is 2.23. The zero-order valence-electron chi connectivity index (χ0n) is 10.3. The molecular formula is C12H17N3O3. The largest absolute Gasteiger partial charge is 0.396 e. The molecule has 1 aliphatic rings. The number of rotatable bonds is 4. The molecule has 1 aromatic rings. The number of nitro benzene ring substituents is 1. The van der Waals surface area contributed by atoms with Crippen LogP contribution >= 0.6 is 0 Å². The van der Waals surface area contributed by atoms with E-state index in [0.29, 0.717) is 11.6 Å². The molecule has 1 saturated heterocycles. The number of nitrogens with one attached hydrogen (secondary N) is 1. The van der Waals surface area contributed by atoms with Crippen molar-refractivity contribution in [3.8, 4) is 0 Å². The van der Waals surface area contributed by atoms with Gasteiger partial charge in [0.2, 0.25) is 0 Å². The van der Waals surface area contributed by atoms with E-state index >= 15 is 0 Å². The zero-order valence-corrected chi connectivity index (χ0v) is 10.3. The molecule has 0 bridgehead atoms. The van der Waals surface area contributed by atoms with E-state index in [1.54, 1.807) is 19.2 Å². The van der Waals surface area contributed by atoms with Gasteiger partial charge in [-0.2, -0.15) is 0 Å². The second-order valence-corrected chi connectivity index (χ2v) is 4.49. The third-order valence-electron chi connectivity index (χ3n) is 3.36. The van der Waals surface area contributed by atoms with Crippen LogP contribution in [0.25, 0.3) is 0 Å². The van der Waals surface area contributed by atoms with Gasteiger partial charge in [-0.05, 0) is 18.6 Å². The summed E-state index contributed by atoms with van der Waals surface area (Å²) in [6, 6.07) is 5.07. The summed E-state index contributed by atoms with van der Waals surface area (Å²) in [5.41, 5.74) is 1.56. The van der Waals surface area contributed by atoms with E-state index in [2.05, 4.69) is 10.2 Å². The van der Waals surface area contributed by atoms with E-state index in [9.17, 15) is 10.1 Å². The fourth-order valence-corrected chi connectivity index (χ4v) is 2.30. The lowest BCUT2D eigenvalue weighted by molar-refractivity contribution is -0.383. The molecule has 1 heterocycles. The van der Waals surface area contributed by atoms with E-state index in [-0.39, 0.29) is 12.3 Å². The fourth-order valence-electron chi connectivity index (χ4n) is 2.30. The average molecular weight is 251 g/mol. The van der Waals surface area contributed by atoms with E-state index in [1.807, 2.05) is 0 Å². The molecule has 0 unspecified atom stereocenters. The molecule has 1 atom stereocenters. The van der Waals surface area contributed by atoms with E-state index in [0.717, 1.165) is 25.2 Å². The maximum atomic E-state index is 10.8. The number of nitrogens with zero attached hydrogens (tertiary/aromatic N) is 2. The molecule has 2 N–H and O–H groups in total. The molecule has 0 aromatic heterocycles. The minimum absolute atomic E-state index is 0.0826. The Bertz CT molecular complexity index is 450. The number of aliphatic hydroxyl groups is 1. The van der Waals surface area contributed by atoms with E-state index < -0.39 is 4.92 Å². The highest BCUT2D eigenvalue weighted by atomic mass is 16.6. The highest BCUT2D eigenvalue weighted by Crippen LogP contribution is 2.31. The fraction of sp³-hybridized carbons (Fsp3) is 0.500. The first-order valence-corrected chi connectivity index (χ1v) is 5.97. The first kappa shape index (κ1) is 12.6. The predicted octanol–water partition coefficient (Wildman–Crippen LogP) is 1.46. The summed E-state index contributed by atoms with van der Waals surface area (Å²) in [6.45, 7) is 1.88. The van der Waals surface area contributed by atoms with Crippen LogP contribution in [0, 0.1) is 16.0 Å². The first-order chi connectivity index (χ1) is 8.65. The standard InChI is InChI=1S/C12H17N3O3/c1-13-11-6-10(2-3-12(11)15(17)18)14-5-4-9(7-14)8-16/h2-3,6,9,13,16H,4-5,7-8H2,1H3/t9-/m1/s1. The van der Waals surface area contributed by atoms with Crippen molar-refractivity contribution < 1.29 is 10.0 Å². The normalized spacial score (nSPS) is 19.0. The van der Waals surface area contributed by atoms with Crippen LogP contribution in [0.5, 0.6) is 0 Å². The van der Waals surface area contributed by atoms with Crippen LogP contribution in [0.15, 0.2) is 18.2 Å². The maximum Gasteiger partial charge on any atom is 0.292 e. The number of hydrogen-bond donors (Lipinski definition) is 2. The Morgan fingerprint density at radius 3 is 2.94 bits per heavy atom. The Morgan fingerprint density at radius 1 is 1.61 bits per heavy atom. The molecule has 1 fully saturated rings. The number of benzene rings is 1. The minimum Gasteiger partial charge on any atom is -0.396 e. The third kappa shape index (κ3) is 2.38. The van der Waals surface area contributed by atoms with Gasteiger partial charge in [0.05, 0.1) is 4.92 Å². The van der Waals surface area contributed by atoms with Crippen molar-refractivity contribution in [1.82, 2.24) is 0 Å². The Labute approximate surface area is 105 Å². The van der Waals surface area contributed by atoms with Gasteiger partial charge in [0.1, 0.15) is 5.69 Å². The molecule has 98 valence electrons. The summed E-state index contributed by atoms with van der Waals surface area (Å²) in [4.78, 5) is 12.6. The quantitative estimate of drug-likeness (QED) is 0.625. The summed E-state index contributed by atoms with van der Waals surface area (Å²) < 4.78 is 0. The average Bonchev–Trinajstić information content (AvgIpc) is 2.86. The maximum absolute atomic E-state index is 10.8. The molecular weight excluding hydrogens is 234 g/mol. The summed E-state index contributed by atoms with van der Waals surface area (Å²) >= 11 is 0. The SMILES string of the molecule is CNc1cc(N2CC[C@@H](CO)C2)ccc1[N+](=O)[O-]. The van der Waals surface area contributed by atoms with Crippen molar-refractivity contribution in [1.29, 1.82) is 0 Å². The molecule has 0 saturated carbocycles. The first-order valence-electron chi connectivity index (χ1n) is 5.97. The lowest BCUT2D eigenvalue weighted by Crippen LogP contribution is -2.20. The van der Waals surface area contributed by atoms with Gasteiger partial charge in [0.15, 0.2) is 0 Å². The second-order valence-electron chi connectivity index (χ2n) is 4.49. The number of nitro groups is 1. The zero-order chi connectivity index (χ0) is 13.1. The molecule has 0 amide bonds. The summed E-state index contributed by atoms with van der Waals surface area (Å²) in [7, 11) is 1.67. The summed E-state index contributed by atoms with van der Waals surface area (Å²) in [5.74, 6) is 0.304. The van der Waals surface area contributed by atoms with Gasteiger partial charge in [0, 0.05) is 44.4 Å². The molecule has 1 aliphatic heterocycles. The minimum atomic E-state index is -0.393. The Morgan fingerprint density at radius 2 is 2.39 bits per heavy atom. The van der Waals surface area contributed by atoms with Crippen molar-refractivity contribution >= 4 is 17.1 Å². The summed E-state index contributed by atoms with van der Waals surface area (Å²) in [5, 5.41) is 22.8. The van der Waals surface area contributed by atoms with Crippen LogP contribution < -0.4 is 10.2 Å². The van der Waals surface area contributed by atoms with Crippen LogP contribution in [0.1, 0.15) is 6.42 Å². The van der Waals surface area contributed by atoms with Crippen LogP contribution in [-0.4, -0.2) is 36.8 Å². The van der Waals surface area contributed by atoms with Crippen molar-refractivity contribution in [2.45, 2.75) is 6.42 Å². The Balaban J connectivity index is 2.22. The van der Waals surface area contributed by atoms with Gasteiger partial charge in [0.25, 0.3) is 5.69 Å². The Hall–Kier alpha value is -1.82. The number of aliphatic hydroxyl groups excluding tert-OH is 1. The van der Waals surface area contributed by atoms with Gasteiger partial charge in [-0.25, -0.2) is 0 Å². The van der Waals surface area contributed by atoms with Crippen molar-refractivity contribution in [3.05, 3.63) is 28.3 Å². The van der Waals surface area contributed by atoms with E-state index in [4.69, 9.17) is 5.11 Å². The molecule has 0 aliphatic carbocycles. The van der Waals surface area contributed by atoms with Gasteiger partial charge < -0.3 is 15.3 Å². The lowest BCUT2D eigenvalue weighted by atomic mass is 10.1. The number of hydrogen-bond acceptors (Lipinski definition) is 5. The molecule has 2 rings (SSSR count). The smallest absolute Gasteiger partial charge is 0.292 e. The molecule has 1 aromatic carbocycles. The monoisotopic (exact) mass is 251 g/mol.